The molecular formula is C18H16N4O2. The topological polar surface area (TPSA) is 86.1 Å². The first-order valence-electron chi connectivity index (χ1n) is 7.66. The second-order valence-electron chi connectivity index (χ2n) is 5.62. The lowest BCUT2D eigenvalue weighted by Gasteiger charge is -2.17. The summed E-state index contributed by atoms with van der Waals surface area (Å²) in [5.74, 6) is -0.371. The molecule has 24 heavy (non-hydrogen) atoms. The lowest BCUT2D eigenvalue weighted by molar-refractivity contribution is -0.129. The van der Waals surface area contributed by atoms with Crippen molar-refractivity contribution in [3.8, 4) is 6.07 Å². The number of benzene rings is 1. The Hall–Kier alpha value is -3.20. The van der Waals surface area contributed by atoms with Crippen LogP contribution in [-0.4, -0.2) is 34.3 Å². The van der Waals surface area contributed by atoms with Gasteiger partial charge in [0.25, 0.3) is 5.91 Å². The molecule has 1 N–H and O–H groups in total. The fourth-order valence-corrected chi connectivity index (χ4v) is 2.73. The van der Waals surface area contributed by atoms with Gasteiger partial charge in [0.05, 0.1) is 11.6 Å². The van der Waals surface area contributed by atoms with Crippen molar-refractivity contribution in [3.63, 3.8) is 0 Å². The third-order valence-electron chi connectivity index (χ3n) is 3.97. The Kier molecular flexibility index (Phi) is 4.52. The van der Waals surface area contributed by atoms with E-state index >= 15 is 0 Å². The number of carbonyl (C=O) groups is 2. The average Bonchev–Trinajstić information content (AvgIpc) is 2.96. The molecule has 0 unspecified atom stereocenters. The predicted octanol–water partition coefficient (Wildman–Crippen LogP) is 1.48. The minimum absolute atomic E-state index is 0.0974. The van der Waals surface area contributed by atoms with Gasteiger partial charge in [0, 0.05) is 31.0 Å². The molecule has 0 aliphatic carbocycles. The molecule has 0 saturated carbocycles. The molecule has 1 aliphatic heterocycles. The summed E-state index contributed by atoms with van der Waals surface area (Å²) in [7, 11) is 0. The van der Waals surface area contributed by atoms with Gasteiger partial charge in [-0.1, -0.05) is 12.1 Å². The van der Waals surface area contributed by atoms with Crippen molar-refractivity contribution in [3.05, 3.63) is 65.5 Å². The standard InChI is InChI=1S/C18H16N4O2/c19-11-13-2-1-3-14(10-13)12-22-9-6-16(18(22)24)21-17(23)15-4-7-20-8-5-15/h1-5,7-8,10,16H,6,9,12H2,(H,21,23)/t16-/m0/s1. The molecule has 0 radical (unpaired) electrons. The van der Waals surface area contributed by atoms with Crippen molar-refractivity contribution >= 4 is 11.8 Å². The van der Waals surface area contributed by atoms with Crippen molar-refractivity contribution in [2.45, 2.75) is 19.0 Å². The van der Waals surface area contributed by atoms with E-state index in [0.29, 0.717) is 30.6 Å². The van der Waals surface area contributed by atoms with Gasteiger partial charge in [-0.3, -0.25) is 14.6 Å². The fourth-order valence-electron chi connectivity index (χ4n) is 2.73. The summed E-state index contributed by atoms with van der Waals surface area (Å²) in [5.41, 5.74) is 1.96. The van der Waals surface area contributed by atoms with E-state index in [1.807, 2.05) is 6.07 Å². The molecule has 1 saturated heterocycles. The van der Waals surface area contributed by atoms with Crippen molar-refractivity contribution in [2.75, 3.05) is 6.54 Å². The number of nitriles is 1. The maximum atomic E-state index is 12.5. The van der Waals surface area contributed by atoms with Crippen molar-refractivity contribution in [2.24, 2.45) is 0 Å². The van der Waals surface area contributed by atoms with E-state index in [0.717, 1.165) is 5.56 Å². The number of likely N-dealkylation sites (tertiary alicyclic amines) is 1. The monoisotopic (exact) mass is 320 g/mol. The van der Waals surface area contributed by atoms with Crippen LogP contribution in [0, 0.1) is 11.3 Å². The first-order chi connectivity index (χ1) is 11.7. The van der Waals surface area contributed by atoms with Gasteiger partial charge in [-0.05, 0) is 36.2 Å². The first kappa shape index (κ1) is 15.7. The number of amides is 2. The van der Waals surface area contributed by atoms with Gasteiger partial charge in [0.2, 0.25) is 5.91 Å². The largest absolute Gasteiger partial charge is 0.340 e. The second-order valence-corrected chi connectivity index (χ2v) is 5.62. The predicted molar refractivity (Wildman–Crippen MR) is 86.7 cm³/mol. The van der Waals surface area contributed by atoms with Gasteiger partial charge in [-0.15, -0.1) is 0 Å². The van der Waals surface area contributed by atoms with Crippen LogP contribution < -0.4 is 5.32 Å². The molecule has 3 rings (SSSR count). The minimum Gasteiger partial charge on any atom is -0.340 e. The highest BCUT2D eigenvalue weighted by Crippen LogP contribution is 2.16. The Bertz CT molecular complexity index is 798. The Balaban J connectivity index is 1.63. The quantitative estimate of drug-likeness (QED) is 0.924. The molecule has 1 aromatic carbocycles. The van der Waals surface area contributed by atoms with E-state index in [-0.39, 0.29) is 11.8 Å². The van der Waals surface area contributed by atoms with Gasteiger partial charge in [-0.25, -0.2) is 0 Å². The van der Waals surface area contributed by atoms with Gasteiger partial charge < -0.3 is 10.2 Å². The summed E-state index contributed by atoms with van der Waals surface area (Å²) >= 11 is 0. The van der Waals surface area contributed by atoms with Crippen LogP contribution in [0.1, 0.15) is 27.9 Å². The maximum Gasteiger partial charge on any atom is 0.252 e. The zero-order chi connectivity index (χ0) is 16.9. The molecule has 2 heterocycles. The highest BCUT2D eigenvalue weighted by molar-refractivity contribution is 5.97. The molecule has 2 amide bonds. The third-order valence-corrected chi connectivity index (χ3v) is 3.97. The fraction of sp³-hybridized carbons (Fsp3) is 0.222. The SMILES string of the molecule is N#Cc1cccc(CN2CC[C@H](NC(=O)c3ccncc3)C2=O)c1. The molecule has 2 aromatic rings. The summed E-state index contributed by atoms with van der Waals surface area (Å²) in [4.78, 5) is 30.2. The van der Waals surface area contributed by atoms with Crippen LogP contribution >= 0.6 is 0 Å². The zero-order valence-electron chi connectivity index (χ0n) is 13.0. The van der Waals surface area contributed by atoms with Crippen LogP contribution in [0.5, 0.6) is 0 Å². The average molecular weight is 320 g/mol. The normalized spacial score (nSPS) is 16.7. The lowest BCUT2D eigenvalue weighted by Crippen LogP contribution is -2.41. The van der Waals surface area contributed by atoms with E-state index in [1.54, 1.807) is 47.6 Å². The van der Waals surface area contributed by atoms with Gasteiger partial charge in [0.15, 0.2) is 0 Å². The van der Waals surface area contributed by atoms with Gasteiger partial charge >= 0.3 is 0 Å². The molecular weight excluding hydrogens is 304 g/mol. The van der Waals surface area contributed by atoms with Crippen LogP contribution in [-0.2, 0) is 11.3 Å². The van der Waals surface area contributed by atoms with Crippen LogP contribution in [0.4, 0.5) is 0 Å². The van der Waals surface area contributed by atoms with E-state index < -0.39 is 6.04 Å². The number of hydrogen-bond donors (Lipinski definition) is 1. The molecule has 1 fully saturated rings. The molecule has 0 bridgehead atoms. The number of hydrogen-bond acceptors (Lipinski definition) is 4. The van der Waals surface area contributed by atoms with Crippen molar-refractivity contribution in [1.82, 2.24) is 15.2 Å². The number of nitrogens with one attached hydrogen (secondary N) is 1. The molecule has 120 valence electrons. The number of carbonyl (C=O) groups excluding carboxylic acids is 2. The Morgan fingerprint density at radius 3 is 2.88 bits per heavy atom. The van der Waals surface area contributed by atoms with Gasteiger partial charge in [0.1, 0.15) is 6.04 Å². The Labute approximate surface area is 139 Å². The summed E-state index contributed by atoms with van der Waals surface area (Å²) < 4.78 is 0. The summed E-state index contributed by atoms with van der Waals surface area (Å²) in [6, 6.07) is 12.0. The molecule has 0 spiro atoms. The zero-order valence-corrected chi connectivity index (χ0v) is 13.0. The summed E-state index contributed by atoms with van der Waals surface area (Å²) in [6.07, 6.45) is 3.66. The molecule has 6 nitrogen and oxygen atoms in total. The number of pyridine rings is 1. The van der Waals surface area contributed by atoms with Crippen LogP contribution in [0.15, 0.2) is 48.8 Å². The minimum atomic E-state index is -0.509. The van der Waals surface area contributed by atoms with Crippen molar-refractivity contribution < 1.29 is 9.59 Å². The lowest BCUT2D eigenvalue weighted by atomic mass is 10.1. The number of rotatable bonds is 4. The number of nitrogens with zero attached hydrogens (tertiary/aromatic N) is 3. The van der Waals surface area contributed by atoms with Crippen LogP contribution in [0.2, 0.25) is 0 Å². The molecule has 1 aliphatic rings. The third kappa shape index (κ3) is 3.41. The maximum absolute atomic E-state index is 12.5. The highest BCUT2D eigenvalue weighted by atomic mass is 16.2. The molecule has 6 heteroatoms. The van der Waals surface area contributed by atoms with E-state index in [2.05, 4.69) is 16.4 Å². The summed E-state index contributed by atoms with van der Waals surface area (Å²) in [6.45, 7) is 1.02. The second kappa shape index (κ2) is 6.92. The van der Waals surface area contributed by atoms with E-state index in [4.69, 9.17) is 5.26 Å². The summed E-state index contributed by atoms with van der Waals surface area (Å²) in [5, 5.41) is 11.7. The Morgan fingerprint density at radius 1 is 1.33 bits per heavy atom. The van der Waals surface area contributed by atoms with E-state index in [1.165, 1.54) is 0 Å². The number of aromatic nitrogens is 1. The van der Waals surface area contributed by atoms with E-state index in [9.17, 15) is 9.59 Å². The van der Waals surface area contributed by atoms with Crippen LogP contribution in [0.25, 0.3) is 0 Å². The van der Waals surface area contributed by atoms with Gasteiger partial charge in [-0.2, -0.15) is 5.26 Å². The smallest absolute Gasteiger partial charge is 0.252 e. The molecule has 1 aromatic heterocycles. The Morgan fingerprint density at radius 2 is 2.12 bits per heavy atom. The first-order valence-corrected chi connectivity index (χ1v) is 7.66. The molecule has 1 atom stereocenters. The van der Waals surface area contributed by atoms with Crippen molar-refractivity contribution in [1.29, 1.82) is 5.26 Å². The highest BCUT2D eigenvalue weighted by Gasteiger charge is 2.32. The van der Waals surface area contributed by atoms with Crippen LogP contribution in [0.3, 0.4) is 0 Å².